The van der Waals surface area contributed by atoms with Crippen molar-refractivity contribution < 1.29 is 18.5 Å². The lowest BCUT2D eigenvalue weighted by Gasteiger charge is -2.33. The summed E-state index contributed by atoms with van der Waals surface area (Å²) < 4.78 is 10.8. The normalized spacial score (nSPS) is 15.3. The Morgan fingerprint density at radius 1 is 1.26 bits per heavy atom. The molecule has 0 radical (unpaired) electrons. The van der Waals surface area contributed by atoms with Crippen LogP contribution in [0.5, 0.6) is 0 Å². The van der Waals surface area contributed by atoms with Crippen LogP contribution in [-0.4, -0.2) is 72.0 Å². The van der Waals surface area contributed by atoms with E-state index >= 15 is 0 Å². The lowest BCUT2D eigenvalue weighted by molar-refractivity contribution is -0.126. The van der Waals surface area contributed by atoms with Crippen molar-refractivity contribution in [2.24, 2.45) is 11.3 Å². The predicted octanol–water partition coefficient (Wildman–Crippen LogP) is 3.35. The van der Waals surface area contributed by atoms with E-state index in [1.807, 2.05) is 14.1 Å². The van der Waals surface area contributed by atoms with Crippen LogP contribution in [0.3, 0.4) is 0 Å². The van der Waals surface area contributed by atoms with Crippen molar-refractivity contribution in [1.82, 2.24) is 25.3 Å². The first-order chi connectivity index (χ1) is 16.1. The summed E-state index contributed by atoms with van der Waals surface area (Å²) in [7, 11) is 4.07. The quantitative estimate of drug-likeness (QED) is 0.568. The molecule has 9 heteroatoms. The average Bonchev–Trinajstić information content (AvgIpc) is 3.46. The highest BCUT2D eigenvalue weighted by atomic mass is 16.5. The van der Waals surface area contributed by atoms with Gasteiger partial charge in [-0.25, -0.2) is 4.98 Å². The number of hydrogen-bond donors (Lipinski definition) is 1. The Labute approximate surface area is 199 Å². The Kier molecular flexibility index (Phi) is 6.74. The maximum absolute atomic E-state index is 13.5. The first-order valence-electron chi connectivity index (χ1n) is 11.7. The molecule has 0 atom stereocenters. The molecule has 4 heterocycles. The second-order valence-electron chi connectivity index (χ2n) is 10.2. The second kappa shape index (κ2) is 9.58. The number of fused-ring (bicyclic) bond motifs is 1. The van der Waals surface area contributed by atoms with Crippen molar-refractivity contribution >= 4 is 22.9 Å². The number of rotatable bonds is 7. The van der Waals surface area contributed by atoms with Crippen LogP contribution in [0, 0.1) is 18.3 Å². The molecular formula is C25H33N5O4. The molecule has 0 bridgehead atoms. The number of piperidine rings is 1. The SMILES string of the molecule is Cc1noc2nc(-c3ccco3)cc(C(=O)N3CCC(C(=O)NCC(C)(C)CN(C)C)CC3)c12. The zero-order chi connectivity index (χ0) is 24.5. The van der Waals surface area contributed by atoms with E-state index in [9.17, 15) is 9.59 Å². The van der Waals surface area contributed by atoms with Gasteiger partial charge in [0.25, 0.3) is 11.6 Å². The molecule has 0 saturated carbocycles. The molecule has 1 aliphatic rings. The Hall–Kier alpha value is -3.20. The minimum atomic E-state index is -0.113. The first-order valence-corrected chi connectivity index (χ1v) is 11.7. The number of likely N-dealkylation sites (tertiary alicyclic amines) is 1. The Morgan fingerprint density at radius 2 is 2.00 bits per heavy atom. The summed E-state index contributed by atoms with van der Waals surface area (Å²) in [6, 6.07) is 5.29. The zero-order valence-corrected chi connectivity index (χ0v) is 20.6. The summed E-state index contributed by atoms with van der Waals surface area (Å²) >= 11 is 0. The van der Waals surface area contributed by atoms with Crippen LogP contribution >= 0.6 is 0 Å². The van der Waals surface area contributed by atoms with Gasteiger partial charge in [-0.2, -0.15) is 0 Å². The number of nitrogens with one attached hydrogen (secondary N) is 1. The highest BCUT2D eigenvalue weighted by Crippen LogP contribution is 2.29. The molecule has 1 N–H and O–H groups in total. The van der Waals surface area contributed by atoms with Crippen LogP contribution < -0.4 is 5.32 Å². The van der Waals surface area contributed by atoms with Gasteiger partial charge in [0.15, 0.2) is 5.76 Å². The third-order valence-corrected chi connectivity index (χ3v) is 6.26. The number of aromatic nitrogens is 2. The summed E-state index contributed by atoms with van der Waals surface area (Å²) in [5.74, 6) is 0.419. The lowest BCUT2D eigenvalue weighted by Crippen LogP contribution is -2.46. The van der Waals surface area contributed by atoms with Gasteiger partial charge < -0.3 is 24.1 Å². The number of pyridine rings is 1. The molecule has 0 aromatic carbocycles. The molecule has 9 nitrogen and oxygen atoms in total. The van der Waals surface area contributed by atoms with Gasteiger partial charge in [-0.3, -0.25) is 9.59 Å². The van der Waals surface area contributed by atoms with Crippen molar-refractivity contribution in [3.05, 3.63) is 35.7 Å². The van der Waals surface area contributed by atoms with Crippen molar-refractivity contribution in [2.75, 3.05) is 40.3 Å². The molecule has 0 spiro atoms. The fourth-order valence-electron chi connectivity index (χ4n) is 4.71. The monoisotopic (exact) mass is 467 g/mol. The van der Waals surface area contributed by atoms with Crippen LogP contribution in [0.25, 0.3) is 22.6 Å². The van der Waals surface area contributed by atoms with E-state index in [1.54, 1.807) is 36.3 Å². The van der Waals surface area contributed by atoms with Crippen LogP contribution in [0.15, 0.2) is 33.4 Å². The van der Waals surface area contributed by atoms with Crippen LogP contribution in [0.2, 0.25) is 0 Å². The molecule has 34 heavy (non-hydrogen) atoms. The van der Waals surface area contributed by atoms with Gasteiger partial charge in [0.1, 0.15) is 5.69 Å². The van der Waals surface area contributed by atoms with Crippen molar-refractivity contribution in [2.45, 2.75) is 33.6 Å². The smallest absolute Gasteiger partial charge is 0.259 e. The van der Waals surface area contributed by atoms with Crippen molar-refractivity contribution in [3.63, 3.8) is 0 Å². The first kappa shape index (κ1) is 23.9. The van der Waals surface area contributed by atoms with E-state index in [0.717, 1.165) is 6.54 Å². The third kappa shape index (κ3) is 5.14. The minimum absolute atomic E-state index is 0.00919. The van der Waals surface area contributed by atoms with Crippen LogP contribution in [0.1, 0.15) is 42.7 Å². The highest BCUT2D eigenvalue weighted by Gasteiger charge is 2.31. The second-order valence-corrected chi connectivity index (χ2v) is 10.2. The number of amides is 2. The van der Waals surface area contributed by atoms with Gasteiger partial charge in [-0.1, -0.05) is 19.0 Å². The Bertz CT molecular complexity index is 1160. The number of hydrogen-bond acceptors (Lipinski definition) is 7. The number of aryl methyl sites for hydroxylation is 1. The van der Waals surface area contributed by atoms with E-state index in [-0.39, 0.29) is 23.1 Å². The molecule has 3 aromatic rings. The number of carbonyl (C=O) groups excluding carboxylic acids is 2. The third-order valence-electron chi connectivity index (χ3n) is 6.26. The van der Waals surface area contributed by atoms with E-state index in [1.165, 1.54) is 0 Å². The minimum Gasteiger partial charge on any atom is -0.463 e. The van der Waals surface area contributed by atoms with E-state index in [2.05, 4.69) is 34.2 Å². The number of nitrogens with zero attached hydrogens (tertiary/aromatic N) is 4. The molecule has 0 aliphatic carbocycles. The van der Waals surface area contributed by atoms with Gasteiger partial charge in [0.2, 0.25) is 5.91 Å². The topological polar surface area (TPSA) is 105 Å². The van der Waals surface area contributed by atoms with E-state index in [4.69, 9.17) is 8.94 Å². The van der Waals surface area contributed by atoms with Gasteiger partial charge >= 0.3 is 0 Å². The van der Waals surface area contributed by atoms with E-state index in [0.29, 0.717) is 66.3 Å². The maximum atomic E-state index is 13.5. The van der Waals surface area contributed by atoms with Gasteiger partial charge in [-0.05, 0) is 57.5 Å². The summed E-state index contributed by atoms with van der Waals surface area (Å²) in [6.45, 7) is 8.64. The highest BCUT2D eigenvalue weighted by molar-refractivity contribution is 6.07. The summed E-state index contributed by atoms with van der Waals surface area (Å²) in [6.07, 6.45) is 2.83. The number of carbonyl (C=O) groups is 2. The Balaban J connectivity index is 1.44. The molecule has 1 aliphatic heterocycles. The molecule has 1 fully saturated rings. The molecule has 3 aromatic heterocycles. The number of furan rings is 1. The predicted molar refractivity (Wildman–Crippen MR) is 128 cm³/mol. The van der Waals surface area contributed by atoms with Crippen LogP contribution in [0.4, 0.5) is 0 Å². The Morgan fingerprint density at radius 3 is 2.65 bits per heavy atom. The summed E-state index contributed by atoms with van der Waals surface area (Å²) in [4.78, 5) is 34.7. The summed E-state index contributed by atoms with van der Waals surface area (Å²) in [5.41, 5.74) is 1.93. The molecular weight excluding hydrogens is 434 g/mol. The maximum Gasteiger partial charge on any atom is 0.259 e. The van der Waals surface area contributed by atoms with Gasteiger partial charge in [-0.15, -0.1) is 0 Å². The van der Waals surface area contributed by atoms with Crippen molar-refractivity contribution in [1.29, 1.82) is 0 Å². The molecule has 1 saturated heterocycles. The molecule has 2 amide bonds. The molecule has 182 valence electrons. The van der Waals surface area contributed by atoms with Gasteiger partial charge in [0, 0.05) is 32.1 Å². The molecule has 0 unspecified atom stereocenters. The molecule has 4 rings (SSSR count). The summed E-state index contributed by atoms with van der Waals surface area (Å²) in [5, 5.41) is 7.74. The fourth-order valence-corrected chi connectivity index (χ4v) is 4.71. The van der Waals surface area contributed by atoms with Crippen molar-refractivity contribution in [3.8, 4) is 11.5 Å². The zero-order valence-electron chi connectivity index (χ0n) is 20.6. The largest absolute Gasteiger partial charge is 0.463 e. The lowest BCUT2D eigenvalue weighted by atomic mass is 9.91. The average molecular weight is 468 g/mol. The van der Waals surface area contributed by atoms with Crippen LogP contribution in [-0.2, 0) is 4.79 Å². The fraction of sp³-hybridized carbons (Fsp3) is 0.520. The van der Waals surface area contributed by atoms with Gasteiger partial charge in [0.05, 0.1) is 22.9 Å². The standard InChI is InChI=1S/C25H33N5O4/c1-16-21-18(13-19(20-7-6-12-33-20)27-23(21)34-28-16)24(32)30-10-8-17(9-11-30)22(31)26-14-25(2,3)15-29(4)5/h6-7,12-13,17H,8-11,14-15H2,1-5H3,(H,26,31). The van der Waals surface area contributed by atoms with E-state index < -0.39 is 0 Å².